The van der Waals surface area contributed by atoms with Crippen molar-refractivity contribution in [2.45, 2.75) is 13.8 Å². The van der Waals surface area contributed by atoms with Gasteiger partial charge in [0.15, 0.2) is 11.6 Å². The van der Waals surface area contributed by atoms with Gasteiger partial charge in [0.25, 0.3) is 0 Å². The Morgan fingerprint density at radius 1 is 1.56 bits per heavy atom. The van der Waals surface area contributed by atoms with E-state index >= 15 is 0 Å². The van der Waals surface area contributed by atoms with E-state index < -0.39 is 11.8 Å². The summed E-state index contributed by atoms with van der Waals surface area (Å²) >= 11 is 3.20. The van der Waals surface area contributed by atoms with Gasteiger partial charge in [0, 0.05) is 0 Å². The van der Waals surface area contributed by atoms with Gasteiger partial charge in [-0.05, 0) is 41.4 Å². The van der Waals surface area contributed by atoms with E-state index in [0.717, 1.165) is 0 Å². The van der Waals surface area contributed by atoms with Crippen molar-refractivity contribution in [3.8, 4) is 5.75 Å². The van der Waals surface area contributed by atoms with Gasteiger partial charge in [-0.2, -0.15) is 0 Å². The Morgan fingerprint density at radius 2 is 2.19 bits per heavy atom. The SMILES string of the molecule is CCOC(=O)c1cc(C)c(Br)c(OC)c1F. The molecule has 0 aliphatic carbocycles. The van der Waals surface area contributed by atoms with Crippen molar-refractivity contribution in [1.29, 1.82) is 0 Å². The minimum Gasteiger partial charge on any atom is -0.492 e. The second-order valence-corrected chi connectivity index (χ2v) is 3.92. The zero-order valence-corrected chi connectivity index (χ0v) is 10.9. The molecule has 88 valence electrons. The van der Waals surface area contributed by atoms with E-state index in [-0.39, 0.29) is 17.9 Å². The number of esters is 1. The average molecular weight is 291 g/mol. The molecule has 0 amide bonds. The largest absolute Gasteiger partial charge is 0.492 e. The van der Waals surface area contributed by atoms with Crippen molar-refractivity contribution in [3.63, 3.8) is 0 Å². The maximum Gasteiger partial charge on any atom is 0.341 e. The maximum absolute atomic E-state index is 13.8. The first kappa shape index (κ1) is 13.0. The van der Waals surface area contributed by atoms with Gasteiger partial charge >= 0.3 is 5.97 Å². The van der Waals surface area contributed by atoms with E-state index in [0.29, 0.717) is 10.0 Å². The van der Waals surface area contributed by atoms with Crippen LogP contribution in [0.4, 0.5) is 4.39 Å². The van der Waals surface area contributed by atoms with Gasteiger partial charge in [0.05, 0.1) is 23.8 Å². The number of carbonyl (C=O) groups excluding carboxylic acids is 1. The lowest BCUT2D eigenvalue weighted by atomic mass is 10.1. The minimum absolute atomic E-state index is 0.0167. The first-order chi connectivity index (χ1) is 7.52. The lowest BCUT2D eigenvalue weighted by molar-refractivity contribution is 0.0520. The smallest absolute Gasteiger partial charge is 0.341 e. The summed E-state index contributed by atoms with van der Waals surface area (Å²) in [7, 11) is 1.34. The van der Waals surface area contributed by atoms with Crippen molar-refractivity contribution >= 4 is 21.9 Å². The lowest BCUT2D eigenvalue weighted by Gasteiger charge is -2.11. The molecule has 0 aromatic heterocycles. The highest BCUT2D eigenvalue weighted by Gasteiger charge is 2.21. The number of ether oxygens (including phenoxy) is 2. The number of rotatable bonds is 3. The topological polar surface area (TPSA) is 35.5 Å². The summed E-state index contributed by atoms with van der Waals surface area (Å²) in [5.41, 5.74) is 0.598. The molecule has 1 rings (SSSR count). The van der Waals surface area contributed by atoms with Crippen LogP contribution < -0.4 is 4.74 Å². The van der Waals surface area contributed by atoms with Gasteiger partial charge in [-0.3, -0.25) is 0 Å². The Labute approximate surface area is 102 Å². The molecular weight excluding hydrogens is 279 g/mol. The van der Waals surface area contributed by atoms with Crippen LogP contribution in [-0.4, -0.2) is 19.7 Å². The highest BCUT2D eigenvalue weighted by atomic mass is 79.9. The monoisotopic (exact) mass is 290 g/mol. The van der Waals surface area contributed by atoms with Crippen LogP contribution in [0.25, 0.3) is 0 Å². The number of aryl methyl sites for hydroxylation is 1. The molecule has 0 unspecified atom stereocenters. The molecule has 0 radical (unpaired) electrons. The summed E-state index contributed by atoms with van der Waals surface area (Å²) in [6, 6.07) is 1.43. The van der Waals surface area contributed by atoms with Crippen LogP contribution in [0.15, 0.2) is 10.5 Å². The fourth-order valence-corrected chi connectivity index (χ4v) is 1.73. The second-order valence-electron chi connectivity index (χ2n) is 3.12. The number of benzene rings is 1. The molecule has 0 spiro atoms. The van der Waals surface area contributed by atoms with Crippen molar-refractivity contribution in [3.05, 3.63) is 27.5 Å². The third-order valence-corrected chi connectivity index (χ3v) is 3.03. The Kier molecular flexibility index (Phi) is 4.29. The third kappa shape index (κ3) is 2.35. The van der Waals surface area contributed by atoms with Crippen LogP contribution in [-0.2, 0) is 4.74 Å². The number of hydrogen-bond donors (Lipinski definition) is 0. The number of hydrogen-bond acceptors (Lipinski definition) is 3. The zero-order valence-electron chi connectivity index (χ0n) is 9.27. The average Bonchev–Trinajstić information content (AvgIpc) is 2.24. The summed E-state index contributed by atoms with van der Waals surface area (Å²) in [5.74, 6) is -1.38. The van der Waals surface area contributed by atoms with Crippen molar-refractivity contribution in [2.24, 2.45) is 0 Å². The summed E-state index contributed by atoms with van der Waals surface area (Å²) in [4.78, 5) is 11.5. The normalized spacial score (nSPS) is 10.1. The fraction of sp³-hybridized carbons (Fsp3) is 0.364. The number of carbonyl (C=O) groups is 1. The number of halogens is 2. The third-order valence-electron chi connectivity index (χ3n) is 2.04. The molecule has 0 saturated heterocycles. The van der Waals surface area contributed by atoms with Gasteiger partial charge in [-0.1, -0.05) is 0 Å². The first-order valence-corrected chi connectivity index (χ1v) is 5.51. The maximum atomic E-state index is 13.8. The van der Waals surface area contributed by atoms with Crippen molar-refractivity contribution in [2.75, 3.05) is 13.7 Å². The summed E-state index contributed by atoms with van der Waals surface area (Å²) in [6.07, 6.45) is 0. The predicted octanol–water partition coefficient (Wildman–Crippen LogP) is 3.08. The van der Waals surface area contributed by atoms with Gasteiger partial charge in [-0.15, -0.1) is 0 Å². The van der Waals surface area contributed by atoms with E-state index in [4.69, 9.17) is 9.47 Å². The van der Waals surface area contributed by atoms with Gasteiger partial charge in [-0.25, -0.2) is 9.18 Å². The zero-order chi connectivity index (χ0) is 12.3. The van der Waals surface area contributed by atoms with Gasteiger partial charge in [0.2, 0.25) is 0 Å². The molecule has 0 atom stereocenters. The first-order valence-electron chi connectivity index (χ1n) is 4.72. The Hall–Kier alpha value is -1.10. The van der Waals surface area contributed by atoms with Crippen LogP contribution in [0.2, 0.25) is 0 Å². The molecule has 1 aromatic rings. The highest BCUT2D eigenvalue weighted by Crippen LogP contribution is 2.33. The molecule has 3 nitrogen and oxygen atoms in total. The van der Waals surface area contributed by atoms with Crippen molar-refractivity contribution in [1.82, 2.24) is 0 Å². The Bertz CT molecular complexity index is 418. The highest BCUT2D eigenvalue weighted by molar-refractivity contribution is 9.10. The van der Waals surface area contributed by atoms with Crippen LogP contribution in [0, 0.1) is 12.7 Å². The predicted molar refractivity (Wildman–Crippen MR) is 61.3 cm³/mol. The molecule has 0 aliphatic heterocycles. The number of methoxy groups -OCH3 is 1. The summed E-state index contributed by atoms with van der Waals surface area (Å²) in [5, 5.41) is 0. The van der Waals surface area contributed by atoms with Crippen LogP contribution in [0.1, 0.15) is 22.8 Å². The Morgan fingerprint density at radius 3 is 2.69 bits per heavy atom. The van der Waals surface area contributed by atoms with E-state index in [1.165, 1.54) is 13.2 Å². The molecule has 0 N–H and O–H groups in total. The standard InChI is InChI=1S/C11H12BrFO3/c1-4-16-11(14)7-5-6(2)8(12)10(15-3)9(7)13/h5H,4H2,1-3H3. The molecule has 16 heavy (non-hydrogen) atoms. The van der Waals surface area contributed by atoms with Crippen LogP contribution >= 0.6 is 15.9 Å². The minimum atomic E-state index is -0.710. The molecule has 1 aromatic carbocycles. The van der Waals surface area contributed by atoms with Crippen molar-refractivity contribution < 1.29 is 18.7 Å². The van der Waals surface area contributed by atoms with Crippen LogP contribution in [0.3, 0.4) is 0 Å². The molecular formula is C11H12BrFO3. The molecule has 0 fully saturated rings. The molecule has 5 heteroatoms. The van der Waals surface area contributed by atoms with E-state index in [1.807, 2.05) is 0 Å². The fourth-order valence-electron chi connectivity index (χ4n) is 1.28. The quantitative estimate of drug-likeness (QED) is 0.803. The van der Waals surface area contributed by atoms with E-state index in [2.05, 4.69) is 15.9 Å². The molecule has 0 saturated carbocycles. The van der Waals surface area contributed by atoms with E-state index in [9.17, 15) is 9.18 Å². The lowest BCUT2D eigenvalue weighted by Crippen LogP contribution is -2.09. The molecule has 0 bridgehead atoms. The van der Waals surface area contributed by atoms with Crippen LogP contribution in [0.5, 0.6) is 5.75 Å². The summed E-state index contributed by atoms with van der Waals surface area (Å²) in [6.45, 7) is 3.61. The molecule has 0 aliphatic rings. The van der Waals surface area contributed by atoms with Gasteiger partial charge in [0.1, 0.15) is 0 Å². The Balaban J connectivity index is 3.31. The summed E-state index contributed by atoms with van der Waals surface area (Å²) < 4.78 is 24.0. The molecule has 0 heterocycles. The second kappa shape index (κ2) is 5.30. The van der Waals surface area contributed by atoms with Gasteiger partial charge < -0.3 is 9.47 Å². The van der Waals surface area contributed by atoms with E-state index in [1.54, 1.807) is 13.8 Å².